The summed E-state index contributed by atoms with van der Waals surface area (Å²) in [6.45, 7) is 2.08. The molecule has 0 heterocycles. The Morgan fingerprint density at radius 2 is 2.14 bits per heavy atom. The first-order valence-electron chi connectivity index (χ1n) is 5.02. The number of benzene rings is 1. The molecule has 3 atom stereocenters. The predicted molar refractivity (Wildman–Crippen MR) is 56.1 cm³/mol. The van der Waals surface area contributed by atoms with Crippen LogP contribution in [0.2, 0.25) is 0 Å². The second kappa shape index (κ2) is 3.54. The number of nitrogens with two attached hydrogens (primary N) is 1. The third-order valence-corrected chi connectivity index (χ3v) is 3.23. The molecule has 0 amide bonds. The van der Waals surface area contributed by atoms with Gasteiger partial charge in [0.1, 0.15) is 6.29 Å². The molecule has 0 bridgehead atoms. The average Bonchev–Trinajstić information content (AvgIpc) is 2.18. The van der Waals surface area contributed by atoms with Crippen molar-refractivity contribution in [2.45, 2.75) is 25.3 Å². The number of carbonyl (C=O) groups excluding carboxylic acids is 1. The Morgan fingerprint density at radius 3 is 2.86 bits per heavy atom. The van der Waals surface area contributed by atoms with Gasteiger partial charge in [0.2, 0.25) is 0 Å². The summed E-state index contributed by atoms with van der Waals surface area (Å²) in [6.07, 6.45) is 1.83. The van der Waals surface area contributed by atoms with E-state index in [4.69, 9.17) is 5.73 Å². The van der Waals surface area contributed by atoms with Gasteiger partial charge in [-0.2, -0.15) is 0 Å². The molecule has 2 N–H and O–H groups in total. The third-order valence-electron chi connectivity index (χ3n) is 3.23. The van der Waals surface area contributed by atoms with Gasteiger partial charge < -0.3 is 10.5 Å². The van der Waals surface area contributed by atoms with Crippen LogP contribution in [-0.2, 0) is 11.2 Å². The minimum absolute atomic E-state index is 0.0163. The highest BCUT2D eigenvalue weighted by Crippen LogP contribution is 2.33. The van der Waals surface area contributed by atoms with Crippen molar-refractivity contribution < 1.29 is 4.79 Å². The monoisotopic (exact) mass is 189 g/mol. The molecule has 0 saturated heterocycles. The van der Waals surface area contributed by atoms with E-state index in [1.807, 2.05) is 12.1 Å². The molecule has 74 valence electrons. The molecule has 1 aliphatic carbocycles. The molecule has 3 unspecified atom stereocenters. The number of aldehydes is 1. The Balaban J connectivity index is 2.43. The van der Waals surface area contributed by atoms with Gasteiger partial charge in [-0.25, -0.2) is 0 Å². The highest BCUT2D eigenvalue weighted by atomic mass is 16.1. The molecule has 2 rings (SSSR count). The maximum atomic E-state index is 10.9. The molecule has 0 aliphatic heterocycles. The van der Waals surface area contributed by atoms with Gasteiger partial charge in [-0.15, -0.1) is 0 Å². The van der Waals surface area contributed by atoms with Crippen LogP contribution in [0, 0.1) is 5.92 Å². The predicted octanol–water partition coefficient (Wildman–Crippen LogP) is 1.49. The summed E-state index contributed by atoms with van der Waals surface area (Å²) in [5, 5.41) is 0. The van der Waals surface area contributed by atoms with Crippen molar-refractivity contribution in [1.82, 2.24) is 0 Å². The Kier molecular flexibility index (Phi) is 2.38. The van der Waals surface area contributed by atoms with Crippen molar-refractivity contribution in [2.75, 3.05) is 0 Å². The van der Waals surface area contributed by atoms with Gasteiger partial charge in [-0.3, -0.25) is 0 Å². The lowest BCUT2D eigenvalue weighted by Gasteiger charge is -2.32. The van der Waals surface area contributed by atoms with Crippen molar-refractivity contribution in [2.24, 2.45) is 11.7 Å². The SMILES string of the molecule is CC1c2ccccc2CC(N)C1C=O. The van der Waals surface area contributed by atoms with Crippen LogP contribution in [-0.4, -0.2) is 12.3 Å². The third kappa shape index (κ3) is 1.36. The molecule has 2 heteroatoms. The van der Waals surface area contributed by atoms with Crippen molar-refractivity contribution in [3.05, 3.63) is 35.4 Å². The Hall–Kier alpha value is -1.15. The smallest absolute Gasteiger partial charge is 0.125 e. The van der Waals surface area contributed by atoms with Gasteiger partial charge in [0, 0.05) is 12.0 Å². The summed E-state index contributed by atoms with van der Waals surface area (Å²) in [7, 11) is 0. The zero-order chi connectivity index (χ0) is 10.1. The number of rotatable bonds is 1. The standard InChI is InChI=1S/C12H15NO/c1-8-10-5-3-2-4-9(10)6-12(13)11(8)7-14/h2-5,7-8,11-12H,6,13H2,1H3. The van der Waals surface area contributed by atoms with Crippen LogP contribution in [0.15, 0.2) is 24.3 Å². The van der Waals surface area contributed by atoms with Gasteiger partial charge in [-0.1, -0.05) is 31.2 Å². The van der Waals surface area contributed by atoms with Gasteiger partial charge >= 0.3 is 0 Å². The zero-order valence-corrected chi connectivity index (χ0v) is 8.31. The fourth-order valence-electron chi connectivity index (χ4n) is 2.35. The summed E-state index contributed by atoms with van der Waals surface area (Å²) in [6, 6.07) is 8.24. The first-order valence-corrected chi connectivity index (χ1v) is 5.02. The van der Waals surface area contributed by atoms with E-state index in [9.17, 15) is 4.79 Å². The second-order valence-corrected chi connectivity index (χ2v) is 4.07. The summed E-state index contributed by atoms with van der Waals surface area (Å²) >= 11 is 0. The summed E-state index contributed by atoms with van der Waals surface area (Å²) in [4.78, 5) is 10.9. The number of hydrogen-bond donors (Lipinski definition) is 1. The van der Waals surface area contributed by atoms with E-state index in [1.54, 1.807) is 0 Å². The van der Waals surface area contributed by atoms with E-state index >= 15 is 0 Å². The van der Waals surface area contributed by atoms with Gasteiger partial charge in [0.15, 0.2) is 0 Å². The molecule has 0 saturated carbocycles. The number of hydrogen-bond acceptors (Lipinski definition) is 2. The maximum absolute atomic E-state index is 10.9. The lowest BCUT2D eigenvalue weighted by Crippen LogP contribution is -2.40. The lowest BCUT2D eigenvalue weighted by molar-refractivity contribution is -0.112. The molecule has 1 aliphatic rings. The van der Waals surface area contributed by atoms with E-state index in [1.165, 1.54) is 11.1 Å². The minimum atomic E-state index is -0.0232. The average molecular weight is 189 g/mol. The molecular formula is C12H15NO. The molecule has 0 spiro atoms. The molecule has 0 radical (unpaired) electrons. The van der Waals surface area contributed by atoms with Crippen LogP contribution in [0.4, 0.5) is 0 Å². The zero-order valence-electron chi connectivity index (χ0n) is 8.31. The second-order valence-electron chi connectivity index (χ2n) is 4.07. The van der Waals surface area contributed by atoms with Crippen LogP contribution < -0.4 is 5.73 Å². The Bertz CT molecular complexity index is 348. The van der Waals surface area contributed by atoms with E-state index in [2.05, 4.69) is 19.1 Å². The molecule has 0 fully saturated rings. The van der Waals surface area contributed by atoms with E-state index in [-0.39, 0.29) is 17.9 Å². The summed E-state index contributed by atoms with van der Waals surface area (Å²) in [5.41, 5.74) is 8.54. The highest BCUT2D eigenvalue weighted by Gasteiger charge is 2.31. The molecular weight excluding hydrogens is 174 g/mol. The van der Waals surface area contributed by atoms with Gasteiger partial charge in [0.05, 0.1) is 0 Å². The largest absolute Gasteiger partial charge is 0.327 e. The first kappa shape index (κ1) is 9.41. The van der Waals surface area contributed by atoms with Crippen LogP contribution in [0.5, 0.6) is 0 Å². The normalized spacial score (nSPS) is 30.9. The maximum Gasteiger partial charge on any atom is 0.125 e. The van der Waals surface area contributed by atoms with Crippen molar-refractivity contribution in [3.8, 4) is 0 Å². The van der Waals surface area contributed by atoms with Crippen LogP contribution >= 0.6 is 0 Å². The molecule has 2 nitrogen and oxygen atoms in total. The van der Waals surface area contributed by atoms with Crippen molar-refractivity contribution >= 4 is 6.29 Å². The number of carbonyl (C=O) groups is 1. The first-order chi connectivity index (χ1) is 6.74. The minimum Gasteiger partial charge on any atom is -0.327 e. The van der Waals surface area contributed by atoms with E-state index in [0.717, 1.165) is 12.7 Å². The fraction of sp³-hybridized carbons (Fsp3) is 0.417. The fourth-order valence-corrected chi connectivity index (χ4v) is 2.35. The van der Waals surface area contributed by atoms with Crippen LogP contribution in [0.3, 0.4) is 0 Å². The topological polar surface area (TPSA) is 43.1 Å². The lowest BCUT2D eigenvalue weighted by atomic mass is 9.74. The molecule has 14 heavy (non-hydrogen) atoms. The molecule has 0 aromatic heterocycles. The van der Waals surface area contributed by atoms with Gasteiger partial charge in [0.25, 0.3) is 0 Å². The highest BCUT2D eigenvalue weighted by molar-refractivity contribution is 5.59. The summed E-state index contributed by atoms with van der Waals surface area (Å²) in [5.74, 6) is 0.234. The molecule has 1 aromatic carbocycles. The Labute approximate surface area is 84.1 Å². The Morgan fingerprint density at radius 1 is 1.43 bits per heavy atom. The van der Waals surface area contributed by atoms with Crippen LogP contribution in [0.1, 0.15) is 24.0 Å². The summed E-state index contributed by atoms with van der Waals surface area (Å²) < 4.78 is 0. The van der Waals surface area contributed by atoms with Crippen LogP contribution in [0.25, 0.3) is 0 Å². The quantitative estimate of drug-likeness (QED) is 0.680. The molecule has 1 aromatic rings. The number of fused-ring (bicyclic) bond motifs is 1. The van der Waals surface area contributed by atoms with E-state index < -0.39 is 0 Å². The van der Waals surface area contributed by atoms with E-state index in [0.29, 0.717) is 0 Å². The van der Waals surface area contributed by atoms with Crippen molar-refractivity contribution in [3.63, 3.8) is 0 Å². The van der Waals surface area contributed by atoms with Gasteiger partial charge in [-0.05, 0) is 23.5 Å². The van der Waals surface area contributed by atoms with Crippen molar-refractivity contribution in [1.29, 1.82) is 0 Å².